The zero-order chi connectivity index (χ0) is 21.7. The smallest absolute Gasteiger partial charge is 0.0314 e. The molecule has 0 aliphatic rings. The van der Waals surface area contributed by atoms with Crippen LogP contribution in [0.4, 0.5) is 11.4 Å². The van der Waals surface area contributed by atoms with E-state index in [0.717, 1.165) is 11.4 Å². The van der Waals surface area contributed by atoms with Crippen molar-refractivity contribution in [3.8, 4) is 22.3 Å². The first-order valence-corrected chi connectivity index (χ1v) is 10.8. The Morgan fingerprint density at radius 3 is 1.16 bits per heavy atom. The molecule has 2 heteroatoms. The second-order valence-electron chi connectivity index (χ2n) is 8.28. The van der Waals surface area contributed by atoms with Gasteiger partial charge in [0, 0.05) is 11.4 Å². The molecule has 0 bridgehead atoms. The van der Waals surface area contributed by atoms with E-state index in [1.165, 1.54) is 54.6 Å². The predicted octanol–water partition coefficient (Wildman–Crippen LogP) is 7.64. The van der Waals surface area contributed by atoms with E-state index >= 15 is 0 Å². The zero-order valence-electron chi connectivity index (χ0n) is 17.5. The second kappa shape index (κ2) is 7.14. The van der Waals surface area contributed by atoms with Gasteiger partial charge in [0.2, 0.25) is 0 Å². The maximum Gasteiger partial charge on any atom is 0.0314 e. The van der Waals surface area contributed by atoms with E-state index < -0.39 is 0 Å². The topological polar surface area (TPSA) is 52.0 Å². The lowest BCUT2D eigenvalue weighted by molar-refractivity contribution is 1.64. The molecule has 6 aromatic rings. The fourth-order valence-corrected chi connectivity index (χ4v) is 4.78. The lowest BCUT2D eigenvalue weighted by atomic mass is 9.85. The fraction of sp³-hybridized carbons (Fsp3) is 0. The summed E-state index contributed by atoms with van der Waals surface area (Å²) < 4.78 is 0. The summed E-state index contributed by atoms with van der Waals surface area (Å²) in [5.74, 6) is 0. The standard InChI is InChI=1S/C30H22N2/c31-23-13-9-19(10-14-23)29-25-7-3-4-8-26(25)30(20-11-15-24(32)16-12-20)28-18-22-6-2-1-5-21(22)17-27(28)29/h1-18H,31-32H2. The van der Waals surface area contributed by atoms with Gasteiger partial charge in [-0.1, -0.05) is 72.8 Å². The Morgan fingerprint density at radius 1 is 0.375 bits per heavy atom. The molecule has 0 aliphatic carbocycles. The van der Waals surface area contributed by atoms with Crippen LogP contribution >= 0.6 is 0 Å². The van der Waals surface area contributed by atoms with Crippen LogP contribution in [-0.2, 0) is 0 Å². The van der Waals surface area contributed by atoms with Crippen molar-refractivity contribution in [2.75, 3.05) is 11.5 Å². The summed E-state index contributed by atoms with van der Waals surface area (Å²) in [7, 11) is 0. The molecule has 0 heterocycles. The number of benzene rings is 6. The highest BCUT2D eigenvalue weighted by Gasteiger charge is 2.17. The van der Waals surface area contributed by atoms with E-state index in [1.54, 1.807) is 0 Å². The second-order valence-corrected chi connectivity index (χ2v) is 8.28. The molecule has 152 valence electrons. The van der Waals surface area contributed by atoms with Gasteiger partial charge in [0.15, 0.2) is 0 Å². The van der Waals surface area contributed by atoms with Gasteiger partial charge in [-0.25, -0.2) is 0 Å². The van der Waals surface area contributed by atoms with E-state index in [0.29, 0.717) is 0 Å². The minimum absolute atomic E-state index is 0.770. The lowest BCUT2D eigenvalue weighted by Gasteiger charge is -2.18. The number of nitrogens with two attached hydrogens (primary N) is 2. The molecule has 32 heavy (non-hydrogen) atoms. The average molecular weight is 411 g/mol. The van der Waals surface area contributed by atoms with Crippen molar-refractivity contribution in [1.29, 1.82) is 0 Å². The summed E-state index contributed by atoms with van der Waals surface area (Å²) in [6.45, 7) is 0. The summed E-state index contributed by atoms with van der Waals surface area (Å²) in [6, 6.07) is 38.3. The molecule has 2 nitrogen and oxygen atoms in total. The van der Waals surface area contributed by atoms with Gasteiger partial charge in [-0.2, -0.15) is 0 Å². The molecule has 0 atom stereocenters. The molecule has 0 aliphatic heterocycles. The minimum atomic E-state index is 0.770. The summed E-state index contributed by atoms with van der Waals surface area (Å²) in [5.41, 5.74) is 18.4. The average Bonchev–Trinajstić information content (AvgIpc) is 2.83. The third kappa shape index (κ3) is 2.89. The highest BCUT2D eigenvalue weighted by molar-refractivity contribution is 6.23. The normalized spacial score (nSPS) is 11.4. The molecular formula is C30H22N2. The Balaban J connectivity index is 1.85. The van der Waals surface area contributed by atoms with Crippen molar-refractivity contribution in [1.82, 2.24) is 0 Å². The van der Waals surface area contributed by atoms with Crippen LogP contribution in [0.3, 0.4) is 0 Å². The van der Waals surface area contributed by atoms with Gasteiger partial charge in [0.25, 0.3) is 0 Å². The first-order valence-electron chi connectivity index (χ1n) is 10.8. The molecule has 0 amide bonds. The van der Waals surface area contributed by atoms with Gasteiger partial charge in [-0.05, 0) is 91.0 Å². The van der Waals surface area contributed by atoms with Crippen molar-refractivity contribution >= 4 is 43.7 Å². The van der Waals surface area contributed by atoms with Crippen LogP contribution < -0.4 is 11.5 Å². The quantitative estimate of drug-likeness (QED) is 0.227. The van der Waals surface area contributed by atoms with Crippen molar-refractivity contribution in [2.45, 2.75) is 0 Å². The number of fused-ring (bicyclic) bond motifs is 3. The molecule has 0 radical (unpaired) electrons. The summed E-state index contributed by atoms with van der Waals surface area (Å²) in [5, 5.41) is 7.39. The molecular weight excluding hydrogens is 388 g/mol. The Labute approximate surface area is 186 Å². The van der Waals surface area contributed by atoms with Gasteiger partial charge < -0.3 is 11.5 Å². The van der Waals surface area contributed by atoms with Crippen molar-refractivity contribution in [2.24, 2.45) is 0 Å². The Morgan fingerprint density at radius 2 is 0.750 bits per heavy atom. The highest BCUT2D eigenvalue weighted by atomic mass is 14.5. The zero-order valence-corrected chi connectivity index (χ0v) is 17.5. The number of rotatable bonds is 2. The van der Waals surface area contributed by atoms with Crippen LogP contribution in [-0.4, -0.2) is 0 Å². The highest BCUT2D eigenvalue weighted by Crippen LogP contribution is 2.45. The van der Waals surface area contributed by atoms with Gasteiger partial charge in [-0.3, -0.25) is 0 Å². The van der Waals surface area contributed by atoms with Crippen molar-refractivity contribution < 1.29 is 0 Å². The Hall–Kier alpha value is -4.30. The third-order valence-corrected chi connectivity index (χ3v) is 6.29. The largest absolute Gasteiger partial charge is 0.399 e. The maximum absolute atomic E-state index is 6.01. The summed E-state index contributed by atoms with van der Waals surface area (Å²) in [4.78, 5) is 0. The molecule has 4 N–H and O–H groups in total. The van der Waals surface area contributed by atoms with E-state index in [9.17, 15) is 0 Å². The van der Waals surface area contributed by atoms with Gasteiger partial charge >= 0.3 is 0 Å². The molecule has 0 saturated carbocycles. The minimum Gasteiger partial charge on any atom is -0.399 e. The Kier molecular flexibility index (Phi) is 4.12. The number of hydrogen-bond acceptors (Lipinski definition) is 2. The molecule has 0 aromatic heterocycles. The van der Waals surface area contributed by atoms with Crippen LogP contribution in [0.1, 0.15) is 0 Å². The van der Waals surface area contributed by atoms with Crippen molar-refractivity contribution in [3.05, 3.63) is 109 Å². The van der Waals surface area contributed by atoms with Crippen LogP contribution in [0.15, 0.2) is 109 Å². The molecule has 0 spiro atoms. The van der Waals surface area contributed by atoms with Gasteiger partial charge in [-0.15, -0.1) is 0 Å². The van der Waals surface area contributed by atoms with E-state index in [4.69, 9.17) is 11.5 Å². The number of hydrogen-bond donors (Lipinski definition) is 2. The molecule has 0 saturated heterocycles. The third-order valence-electron chi connectivity index (χ3n) is 6.29. The Bertz CT molecular complexity index is 1490. The van der Waals surface area contributed by atoms with Crippen molar-refractivity contribution in [3.63, 3.8) is 0 Å². The van der Waals surface area contributed by atoms with Crippen LogP contribution in [0.2, 0.25) is 0 Å². The van der Waals surface area contributed by atoms with Gasteiger partial charge in [0.05, 0.1) is 0 Å². The van der Waals surface area contributed by atoms with Crippen LogP contribution in [0, 0.1) is 0 Å². The van der Waals surface area contributed by atoms with Crippen LogP contribution in [0.5, 0.6) is 0 Å². The molecule has 0 unspecified atom stereocenters. The number of anilines is 2. The van der Waals surface area contributed by atoms with Gasteiger partial charge in [0.1, 0.15) is 0 Å². The first-order chi connectivity index (χ1) is 15.7. The summed E-state index contributed by atoms with van der Waals surface area (Å²) >= 11 is 0. The number of nitrogen functional groups attached to an aromatic ring is 2. The van der Waals surface area contributed by atoms with Crippen LogP contribution in [0.25, 0.3) is 54.6 Å². The van der Waals surface area contributed by atoms with E-state index in [1.807, 2.05) is 24.3 Å². The molecule has 6 rings (SSSR count). The SMILES string of the molecule is Nc1ccc(-c2c3ccccc3c(-c3ccc(N)cc3)c3cc4ccccc4cc23)cc1. The summed E-state index contributed by atoms with van der Waals surface area (Å²) in [6.07, 6.45) is 0. The van der Waals surface area contributed by atoms with E-state index in [2.05, 4.69) is 84.9 Å². The maximum atomic E-state index is 6.01. The molecule has 6 aromatic carbocycles. The lowest BCUT2D eigenvalue weighted by Crippen LogP contribution is -1.92. The predicted molar refractivity (Wildman–Crippen MR) is 139 cm³/mol. The first kappa shape index (κ1) is 18.5. The van der Waals surface area contributed by atoms with E-state index in [-0.39, 0.29) is 0 Å². The molecule has 0 fully saturated rings. The fourth-order valence-electron chi connectivity index (χ4n) is 4.78. The monoisotopic (exact) mass is 410 g/mol.